The van der Waals surface area contributed by atoms with Crippen LogP contribution < -0.4 is 10.7 Å². The SMILES string of the molecule is C/C(=N/NC(=S)Nc1ccccc1)c1nc2ccc(Cl)cc2[nH]1. The number of fused-ring (bicyclic) bond motifs is 1. The van der Waals surface area contributed by atoms with Gasteiger partial charge in [-0.15, -0.1) is 0 Å². The van der Waals surface area contributed by atoms with Crippen LogP contribution in [-0.2, 0) is 0 Å². The zero-order valence-corrected chi connectivity index (χ0v) is 13.9. The van der Waals surface area contributed by atoms with E-state index in [0.29, 0.717) is 21.7 Å². The van der Waals surface area contributed by atoms with Crippen LogP contribution in [0.3, 0.4) is 0 Å². The minimum absolute atomic E-state index is 0.412. The van der Waals surface area contributed by atoms with Crippen LogP contribution >= 0.6 is 23.8 Å². The van der Waals surface area contributed by atoms with Gasteiger partial charge in [-0.2, -0.15) is 5.10 Å². The van der Waals surface area contributed by atoms with Gasteiger partial charge in [0.25, 0.3) is 0 Å². The smallest absolute Gasteiger partial charge is 0.191 e. The Balaban J connectivity index is 1.69. The summed E-state index contributed by atoms with van der Waals surface area (Å²) in [5.74, 6) is 0.664. The first-order chi connectivity index (χ1) is 11.1. The highest BCUT2D eigenvalue weighted by Gasteiger charge is 2.06. The standard InChI is InChI=1S/C16H14ClN5S/c1-10(15-19-13-8-7-11(17)9-14(13)20-15)21-22-16(23)18-12-5-3-2-4-6-12/h2-9H,1H3,(H,19,20)(H2,18,22,23)/b21-10-. The van der Waals surface area contributed by atoms with E-state index in [0.717, 1.165) is 16.7 Å². The third-order valence-electron chi connectivity index (χ3n) is 3.14. The monoisotopic (exact) mass is 343 g/mol. The Morgan fingerprint density at radius 2 is 2.00 bits per heavy atom. The van der Waals surface area contributed by atoms with E-state index in [1.165, 1.54) is 0 Å². The van der Waals surface area contributed by atoms with Crippen molar-refractivity contribution >= 4 is 51.4 Å². The van der Waals surface area contributed by atoms with Crippen LogP contribution in [0.1, 0.15) is 12.7 Å². The molecule has 0 fully saturated rings. The van der Waals surface area contributed by atoms with Crippen molar-refractivity contribution in [2.45, 2.75) is 6.92 Å². The number of rotatable bonds is 3. The number of hydrogen-bond donors (Lipinski definition) is 3. The molecule has 0 saturated heterocycles. The largest absolute Gasteiger partial charge is 0.337 e. The van der Waals surface area contributed by atoms with Crippen molar-refractivity contribution in [3.05, 3.63) is 59.4 Å². The number of anilines is 1. The maximum Gasteiger partial charge on any atom is 0.191 e. The fraction of sp³-hybridized carbons (Fsp3) is 0.0625. The summed E-state index contributed by atoms with van der Waals surface area (Å²) >= 11 is 11.2. The number of halogens is 1. The summed E-state index contributed by atoms with van der Waals surface area (Å²) in [6.45, 7) is 1.84. The van der Waals surface area contributed by atoms with Gasteiger partial charge in [0.15, 0.2) is 10.9 Å². The van der Waals surface area contributed by atoms with E-state index in [-0.39, 0.29) is 0 Å². The van der Waals surface area contributed by atoms with Gasteiger partial charge in [-0.3, -0.25) is 5.43 Å². The summed E-state index contributed by atoms with van der Waals surface area (Å²) in [6.07, 6.45) is 0. The molecule has 3 rings (SSSR count). The number of imidazole rings is 1. The minimum atomic E-state index is 0.412. The molecule has 5 nitrogen and oxygen atoms in total. The summed E-state index contributed by atoms with van der Waals surface area (Å²) in [4.78, 5) is 7.65. The first-order valence-corrected chi connectivity index (χ1v) is 7.72. The topological polar surface area (TPSA) is 65.1 Å². The summed E-state index contributed by atoms with van der Waals surface area (Å²) in [7, 11) is 0. The molecule has 0 saturated carbocycles. The van der Waals surface area contributed by atoms with Gasteiger partial charge in [0.1, 0.15) is 5.71 Å². The molecule has 1 aromatic heterocycles. The van der Waals surface area contributed by atoms with Crippen molar-refractivity contribution in [2.75, 3.05) is 5.32 Å². The normalized spacial score (nSPS) is 11.5. The van der Waals surface area contributed by atoms with Crippen LogP contribution in [0.25, 0.3) is 11.0 Å². The Morgan fingerprint density at radius 1 is 1.22 bits per heavy atom. The predicted octanol–water partition coefficient (Wildman–Crippen LogP) is 3.93. The first kappa shape index (κ1) is 15.5. The molecule has 0 amide bonds. The molecule has 0 bridgehead atoms. The van der Waals surface area contributed by atoms with Crippen LogP contribution in [0.15, 0.2) is 53.6 Å². The maximum absolute atomic E-state index is 5.97. The second-order valence-electron chi connectivity index (χ2n) is 4.88. The number of nitrogens with zero attached hydrogens (tertiary/aromatic N) is 2. The van der Waals surface area contributed by atoms with Gasteiger partial charge in [0.2, 0.25) is 0 Å². The highest BCUT2D eigenvalue weighted by molar-refractivity contribution is 7.80. The molecule has 116 valence electrons. The lowest BCUT2D eigenvalue weighted by atomic mass is 10.3. The quantitative estimate of drug-likeness (QED) is 0.383. The van der Waals surface area contributed by atoms with Crippen molar-refractivity contribution in [1.82, 2.24) is 15.4 Å². The van der Waals surface area contributed by atoms with Gasteiger partial charge in [-0.25, -0.2) is 4.98 Å². The molecular weight excluding hydrogens is 330 g/mol. The lowest BCUT2D eigenvalue weighted by Gasteiger charge is -2.06. The number of aromatic nitrogens is 2. The number of aromatic amines is 1. The zero-order valence-electron chi connectivity index (χ0n) is 12.3. The fourth-order valence-electron chi connectivity index (χ4n) is 2.02. The fourth-order valence-corrected chi connectivity index (χ4v) is 2.36. The van der Waals surface area contributed by atoms with Crippen LogP contribution in [0, 0.1) is 0 Å². The number of benzene rings is 2. The second kappa shape index (κ2) is 6.76. The maximum atomic E-state index is 5.97. The Bertz CT molecular complexity index is 873. The second-order valence-corrected chi connectivity index (χ2v) is 5.72. The van der Waals surface area contributed by atoms with E-state index >= 15 is 0 Å². The first-order valence-electron chi connectivity index (χ1n) is 6.94. The zero-order chi connectivity index (χ0) is 16.2. The van der Waals surface area contributed by atoms with Crippen molar-refractivity contribution < 1.29 is 0 Å². The highest BCUT2D eigenvalue weighted by Crippen LogP contribution is 2.17. The molecule has 3 N–H and O–H groups in total. The molecule has 3 aromatic rings. The number of H-pyrrole nitrogens is 1. The van der Waals surface area contributed by atoms with Crippen LogP contribution in [-0.4, -0.2) is 20.8 Å². The van der Waals surface area contributed by atoms with E-state index in [1.807, 2.05) is 49.4 Å². The van der Waals surface area contributed by atoms with Gasteiger partial charge in [0.05, 0.1) is 11.0 Å². The van der Waals surface area contributed by atoms with Gasteiger partial charge in [0, 0.05) is 10.7 Å². The Hall–Kier alpha value is -2.44. The average Bonchev–Trinajstić information content (AvgIpc) is 2.96. The van der Waals surface area contributed by atoms with Crippen LogP contribution in [0.4, 0.5) is 5.69 Å². The van der Waals surface area contributed by atoms with Crippen molar-refractivity contribution in [3.8, 4) is 0 Å². The summed E-state index contributed by atoms with van der Waals surface area (Å²) in [5.41, 5.74) is 6.10. The Morgan fingerprint density at radius 3 is 2.78 bits per heavy atom. The van der Waals surface area contributed by atoms with E-state index in [9.17, 15) is 0 Å². The molecule has 0 aliphatic carbocycles. The van der Waals surface area contributed by atoms with Crippen molar-refractivity contribution in [2.24, 2.45) is 5.10 Å². The molecule has 2 aromatic carbocycles. The van der Waals surface area contributed by atoms with Gasteiger partial charge in [-0.1, -0.05) is 29.8 Å². The van der Waals surface area contributed by atoms with Crippen molar-refractivity contribution in [3.63, 3.8) is 0 Å². The number of hydrogen-bond acceptors (Lipinski definition) is 3. The van der Waals surface area contributed by atoms with Gasteiger partial charge >= 0.3 is 0 Å². The van der Waals surface area contributed by atoms with Crippen LogP contribution in [0.2, 0.25) is 5.02 Å². The highest BCUT2D eigenvalue weighted by atomic mass is 35.5. The summed E-state index contributed by atoms with van der Waals surface area (Å²) in [6, 6.07) is 15.1. The van der Waals surface area contributed by atoms with Gasteiger partial charge in [-0.05, 0) is 49.5 Å². The number of thiocarbonyl (C=S) groups is 1. The Labute approximate surface area is 143 Å². The third kappa shape index (κ3) is 3.85. The van der Waals surface area contributed by atoms with E-state index in [4.69, 9.17) is 23.8 Å². The molecule has 0 aliphatic heterocycles. The molecule has 7 heteroatoms. The molecule has 0 spiro atoms. The molecule has 0 unspecified atom stereocenters. The number of hydrazone groups is 1. The molecule has 0 radical (unpaired) electrons. The number of para-hydroxylation sites is 1. The van der Waals surface area contributed by atoms with Gasteiger partial charge < -0.3 is 10.3 Å². The molecule has 23 heavy (non-hydrogen) atoms. The lowest BCUT2D eigenvalue weighted by molar-refractivity contribution is 1.03. The number of nitrogens with one attached hydrogen (secondary N) is 3. The minimum Gasteiger partial charge on any atom is -0.337 e. The summed E-state index contributed by atoms with van der Waals surface area (Å²) in [5, 5.41) is 8.36. The summed E-state index contributed by atoms with van der Waals surface area (Å²) < 4.78 is 0. The molecular formula is C16H14ClN5S. The van der Waals surface area contributed by atoms with Crippen molar-refractivity contribution in [1.29, 1.82) is 0 Å². The lowest BCUT2D eigenvalue weighted by Crippen LogP contribution is -2.25. The van der Waals surface area contributed by atoms with E-state index in [2.05, 4.69) is 25.8 Å². The Kier molecular flexibility index (Phi) is 4.55. The predicted molar refractivity (Wildman–Crippen MR) is 99.1 cm³/mol. The molecule has 0 aliphatic rings. The molecule has 1 heterocycles. The molecule has 0 atom stereocenters. The van der Waals surface area contributed by atoms with Crippen LogP contribution in [0.5, 0.6) is 0 Å². The average molecular weight is 344 g/mol. The van der Waals surface area contributed by atoms with E-state index < -0.39 is 0 Å². The third-order valence-corrected chi connectivity index (χ3v) is 3.57. The van der Waals surface area contributed by atoms with E-state index in [1.54, 1.807) is 6.07 Å².